The van der Waals surface area contributed by atoms with Crippen LogP contribution in [-0.2, 0) is 6.42 Å². The Bertz CT molecular complexity index is 462. The Hall–Kier alpha value is -0.710. The highest BCUT2D eigenvalue weighted by atomic mass is 79.9. The lowest BCUT2D eigenvalue weighted by atomic mass is 10.1. The highest BCUT2D eigenvalue weighted by Crippen LogP contribution is 2.32. The molecule has 2 nitrogen and oxygen atoms in total. The zero-order chi connectivity index (χ0) is 12.3. The van der Waals surface area contributed by atoms with Crippen LogP contribution in [0.1, 0.15) is 22.0 Å². The Kier molecular flexibility index (Phi) is 4.31. The molecular weight excluding hydrogens is 296 g/mol. The van der Waals surface area contributed by atoms with E-state index >= 15 is 0 Å². The molecule has 0 aliphatic heterocycles. The van der Waals surface area contributed by atoms with Crippen molar-refractivity contribution in [3.05, 3.63) is 50.4 Å². The van der Waals surface area contributed by atoms with Crippen LogP contribution in [0.2, 0.25) is 0 Å². The highest BCUT2D eigenvalue weighted by Gasteiger charge is 2.13. The maximum absolute atomic E-state index is 4.04. The van der Waals surface area contributed by atoms with Gasteiger partial charge in [0.2, 0.25) is 0 Å². The molecule has 0 fully saturated rings. The summed E-state index contributed by atoms with van der Waals surface area (Å²) in [5.74, 6) is 0. The minimum Gasteiger partial charge on any atom is -0.312 e. The average molecular weight is 311 g/mol. The van der Waals surface area contributed by atoms with Crippen LogP contribution >= 0.6 is 27.3 Å². The average Bonchev–Trinajstić information content (AvgIpc) is 2.68. The summed E-state index contributed by atoms with van der Waals surface area (Å²) >= 11 is 5.38. The van der Waals surface area contributed by atoms with Crippen LogP contribution in [0.5, 0.6) is 0 Å². The molecule has 1 atom stereocenters. The fraction of sp³-hybridized carbons (Fsp3) is 0.308. The molecule has 2 rings (SSSR count). The minimum atomic E-state index is 0.368. The normalized spacial score (nSPS) is 12.6. The van der Waals surface area contributed by atoms with Gasteiger partial charge in [0, 0.05) is 23.3 Å². The predicted molar refractivity (Wildman–Crippen MR) is 76.5 cm³/mol. The molecule has 0 saturated carbocycles. The van der Waals surface area contributed by atoms with Crippen molar-refractivity contribution in [3.8, 4) is 0 Å². The summed E-state index contributed by atoms with van der Waals surface area (Å²) in [6.45, 7) is 2.13. The summed E-state index contributed by atoms with van der Waals surface area (Å²) in [7, 11) is 2.01. The second kappa shape index (κ2) is 5.76. The van der Waals surface area contributed by atoms with Crippen molar-refractivity contribution in [1.29, 1.82) is 0 Å². The van der Waals surface area contributed by atoms with Gasteiger partial charge in [-0.1, -0.05) is 0 Å². The van der Waals surface area contributed by atoms with Gasteiger partial charge < -0.3 is 5.32 Å². The third-order valence-corrected chi connectivity index (χ3v) is 5.01. The van der Waals surface area contributed by atoms with Gasteiger partial charge in [0.15, 0.2) is 0 Å². The highest BCUT2D eigenvalue weighted by molar-refractivity contribution is 9.11. The van der Waals surface area contributed by atoms with E-state index in [1.165, 1.54) is 19.8 Å². The topological polar surface area (TPSA) is 24.9 Å². The third-order valence-electron chi connectivity index (χ3n) is 2.76. The monoisotopic (exact) mass is 310 g/mol. The minimum absolute atomic E-state index is 0.368. The predicted octanol–water partition coefficient (Wildman–Crippen LogP) is 3.72. The standard InChI is InChI=1S/C13H15BrN2S/c1-9-7-12(17-13(9)14)11(15-2)8-10-3-5-16-6-4-10/h3-7,11,15H,8H2,1-2H3. The molecule has 1 unspecified atom stereocenters. The molecule has 0 saturated heterocycles. The van der Waals surface area contributed by atoms with Gasteiger partial charge in [-0.3, -0.25) is 4.98 Å². The van der Waals surface area contributed by atoms with Crippen molar-refractivity contribution in [1.82, 2.24) is 10.3 Å². The molecule has 0 spiro atoms. The summed E-state index contributed by atoms with van der Waals surface area (Å²) in [6.07, 6.45) is 4.68. The van der Waals surface area contributed by atoms with Crippen molar-refractivity contribution in [2.45, 2.75) is 19.4 Å². The summed E-state index contributed by atoms with van der Waals surface area (Å²) in [6, 6.07) is 6.75. The third kappa shape index (κ3) is 3.15. The molecule has 4 heteroatoms. The summed E-state index contributed by atoms with van der Waals surface area (Å²) in [5, 5.41) is 3.38. The number of likely N-dealkylation sites (N-methyl/N-ethyl adjacent to an activating group) is 1. The van der Waals surface area contributed by atoms with E-state index in [4.69, 9.17) is 0 Å². The molecule has 0 aromatic carbocycles. The van der Waals surface area contributed by atoms with E-state index in [0.29, 0.717) is 6.04 Å². The quantitative estimate of drug-likeness (QED) is 0.931. The fourth-order valence-corrected chi connectivity index (χ4v) is 3.44. The van der Waals surface area contributed by atoms with Crippen molar-refractivity contribution in [3.63, 3.8) is 0 Å². The lowest BCUT2D eigenvalue weighted by Crippen LogP contribution is -2.17. The number of aryl methyl sites for hydroxylation is 1. The molecule has 1 N–H and O–H groups in total. The first-order chi connectivity index (χ1) is 8.20. The van der Waals surface area contributed by atoms with E-state index in [2.05, 4.69) is 51.4 Å². The van der Waals surface area contributed by atoms with Crippen LogP contribution in [0.15, 0.2) is 34.4 Å². The van der Waals surface area contributed by atoms with Gasteiger partial charge >= 0.3 is 0 Å². The van der Waals surface area contributed by atoms with Crippen LogP contribution in [-0.4, -0.2) is 12.0 Å². The molecule has 2 aromatic rings. The molecule has 2 aromatic heterocycles. The number of thiophene rings is 1. The van der Waals surface area contributed by atoms with Gasteiger partial charge in [-0.25, -0.2) is 0 Å². The number of nitrogens with zero attached hydrogens (tertiary/aromatic N) is 1. The van der Waals surface area contributed by atoms with Crippen molar-refractivity contribution >= 4 is 27.3 Å². The lowest BCUT2D eigenvalue weighted by molar-refractivity contribution is 0.601. The summed E-state index contributed by atoms with van der Waals surface area (Å²) in [4.78, 5) is 5.41. The molecule has 0 radical (unpaired) electrons. The molecular formula is C13H15BrN2S. The maximum atomic E-state index is 4.04. The molecule has 0 aliphatic rings. The number of nitrogens with one attached hydrogen (secondary N) is 1. The van der Waals surface area contributed by atoms with E-state index in [1.807, 2.05) is 19.4 Å². The first kappa shape index (κ1) is 12.7. The van der Waals surface area contributed by atoms with Gasteiger partial charge in [-0.2, -0.15) is 0 Å². The van der Waals surface area contributed by atoms with Crippen LogP contribution in [0, 0.1) is 6.92 Å². The van der Waals surface area contributed by atoms with E-state index in [9.17, 15) is 0 Å². The molecule has 0 amide bonds. The largest absolute Gasteiger partial charge is 0.312 e. The van der Waals surface area contributed by atoms with Crippen LogP contribution in [0.3, 0.4) is 0 Å². The van der Waals surface area contributed by atoms with E-state index in [0.717, 1.165) is 6.42 Å². The fourth-order valence-electron chi connectivity index (χ4n) is 1.75. The zero-order valence-corrected chi connectivity index (χ0v) is 12.3. The Balaban J connectivity index is 2.17. The number of hydrogen-bond donors (Lipinski definition) is 1. The molecule has 0 bridgehead atoms. The Morgan fingerprint density at radius 1 is 1.41 bits per heavy atom. The lowest BCUT2D eigenvalue weighted by Gasteiger charge is -2.14. The smallest absolute Gasteiger partial charge is 0.0731 e. The van der Waals surface area contributed by atoms with Crippen LogP contribution in [0.25, 0.3) is 0 Å². The SMILES string of the molecule is CNC(Cc1ccncc1)c1cc(C)c(Br)s1. The van der Waals surface area contributed by atoms with Crippen molar-refractivity contribution < 1.29 is 0 Å². The Morgan fingerprint density at radius 2 is 2.12 bits per heavy atom. The van der Waals surface area contributed by atoms with Gasteiger partial charge in [0.05, 0.1) is 3.79 Å². The molecule has 0 aliphatic carbocycles. The van der Waals surface area contributed by atoms with Crippen molar-refractivity contribution in [2.75, 3.05) is 7.05 Å². The van der Waals surface area contributed by atoms with Gasteiger partial charge in [-0.15, -0.1) is 11.3 Å². The Morgan fingerprint density at radius 3 is 2.65 bits per heavy atom. The second-order valence-corrected chi connectivity index (χ2v) is 6.41. The molecule has 2 heterocycles. The Labute approximate surface area is 114 Å². The van der Waals surface area contributed by atoms with Crippen LogP contribution in [0.4, 0.5) is 0 Å². The number of halogens is 1. The van der Waals surface area contributed by atoms with Gasteiger partial charge in [-0.05, 0) is 65.6 Å². The molecule has 90 valence electrons. The van der Waals surface area contributed by atoms with Crippen LogP contribution < -0.4 is 5.32 Å². The second-order valence-electron chi connectivity index (χ2n) is 4.01. The first-order valence-corrected chi connectivity index (χ1v) is 7.13. The number of hydrogen-bond acceptors (Lipinski definition) is 3. The first-order valence-electron chi connectivity index (χ1n) is 5.52. The van der Waals surface area contributed by atoms with E-state index in [1.54, 1.807) is 11.3 Å². The summed E-state index contributed by atoms with van der Waals surface area (Å²) in [5.41, 5.74) is 2.61. The number of rotatable bonds is 4. The number of aromatic nitrogens is 1. The van der Waals surface area contributed by atoms with E-state index < -0.39 is 0 Å². The number of pyridine rings is 1. The summed E-state index contributed by atoms with van der Waals surface area (Å²) < 4.78 is 1.22. The van der Waals surface area contributed by atoms with Crippen molar-refractivity contribution in [2.24, 2.45) is 0 Å². The van der Waals surface area contributed by atoms with Gasteiger partial charge in [0.1, 0.15) is 0 Å². The molecule has 17 heavy (non-hydrogen) atoms. The maximum Gasteiger partial charge on any atom is 0.0731 e. The van der Waals surface area contributed by atoms with E-state index in [-0.39, 0.29) is 0 Å². The van der Waals surface area contributed by atoms with Gasteiger partial charge in [0.25, 0.3) is 0 Å². The zero-order valence-electron chi connectivity index (χ0n) is 9.90.